The molecule has 6 heteroatoms. The minimum absolute atomic E-state index is 0.0394. The van der Waals surface area contributed by atoms with Crippen LogP contribution in [-0.2, 0) is 14.8 Å². The number of sulfonamides is 1. The van der Waals surface area contributed by atoms with E-state index in [1.54, 1.807) is 0 Å². The Hall–Kier alpha value is 0.160. The normalized spacial score (nSPS) is 12.3. The van der Waals surface area contributed by atoms with E-state index in [4.69, 9.17) is 16.3 Å². The molecule has 0 spiro atoms. The van der Waals surface area contributed by atoms with Crippen molar-refractivity contribution in [3.63, 3.8) is 0 Å². The molecular formula is C9H20ClNO3S. The van der Waals surface area contributed by atoms with Gasteiger partial charge >= 0.3 is 0 Å². The van der Waals surface area contributed by atoms with Crippen LogP contribution >= 0.6 is 11.6 Å². The Bertz CT molecular complexity index is 238. The van der Waals surface area contributed by atoms with Crippen molar-refractivity contribution in [3.05, 3.63) is 0 Å². The first kappa shape index (κ1) is 15.2. The van der Waals surface area contributed by atoms with Gasteiger partial charge in [0.2, 0.25) is 10.0 Å². The molecule has 0 atom stereocenters. The molecule has 0 amide bonds. The van der Waals surface area contributed by atoms with Gasteiger partial charge in [-0.25, -0.2) is 12.7 Å². The van der Waals surface area contributed by atoms with Gasteiger partial charge in [-0.1, -0.05) is 6.92 Å². The van der Waals surface area contributed by atoms with Crippen LogP contribution in [0.1, 0.15) is 20.3 Å². The third-order valence-electron chi connectivity index (χ3n) is 1.89. The summed E-state index contributed by atoms with van der Waals surface area (Å²) in [4.78, 5) is 0. The van der Waals surface area contributed by atoms with Gasteiger partial charge in [0.1, 0.15) is 0 Å². The average Bonchev–Trinajstić information content (AvgIpc) is 2.18. The highest BCUT2D eigenvalue weighted by molar-refractivity contribution is 7.89. The van der Waals surface area contributed by atoms with E-state index in [2.05, 4.69) is 0 Å². The molecule has 0 aromatic carbocycles. The van der Waals surface area contributed by atoms with Gasteiger partial charge < -0.3 is 4.74 Å². The van der Waals surface area contributed by atoms with Gasteiger partial charge in [-0.15, -0.1) is 11.6 Å². The van der Waals surface area contributed by atoms with E-state index in [1.807, 2.05) is 13.8 Å². The number of hydrogen-bond donors (Lipinski definition) is 0. The maximum absolute atomic E-state index is 11.8. The van der Waals surface area contributed by atoms with E-state index in [9.17, 15) is 8.42 Å². The van der Waals surface area contributed by atoms with E-state index < -0.39 is 10.0 Å². The molecule has 0 bridgehead atoms. The lowest BCUT2D eigenvalue weighted by Gasteiger charge is -2.20. The van der Waals surface area contributed by atoms with Crippen LogP contribution in [0.25, 0.3) is 0 Å². The fraction of sp³-hybridized carbons (Fsp3) is 1.00. The summed E-state index contributed by atoms with van der Waals surface area (Å²) >= 11 is 5.56. The lowest BCUT2D eigenvalue weighted by molar-refractivity contribution is 0.162. The van der Waals surface area contributed by atoms with Crippen molar-refractivity contribution in [2.75, 3.05) is 37.9 Å². The molecule has 15 heavy (non-hydrogen) atoms. The Balaban J connectivity index is 4.22. The molecule has 0 radical (unpaired) electrons. The molecule has 0 aromatic rings. The molecule has 0 saturated carbocycles. The summed E-state index contributed by atoms with van der Waals surface area (Å²) in [6, 6.07) is 0. The largest absolute Gasteiger partial charge is 0.381 e. The maximum atomic E-state index is 11.8. The van der Waals surface area contributed by atoms with Crippen LogP contribution in [0.2, 0.25) is 0 Å². The van der Waals surface area contributed by atoms with Gasteiger partial charge in [-0.05, 0) is 13.3 Å². The van der Waals surface area contributed by atoms with Crippen LogP contribution in [0.15, 0.2) is 0 Å². The van der Waals surface area contributed by atoms with Gasteiger partial charge in [-0.2, -0.15) is 0 Å². The molecule has 0 aliphatic carbocycles. The molecule has 4 nitrogen and oxygen atoms in total. The molecule has 0 N–H and O–H groups in total. The quantitative estimate of drug-likeness (QED) is 0.462. The van der Waals surface area contributed by atoms with Crippen LogP contribution in [0.5, 0.6) is 0 Å². The topological polar surface area (TPSA) is 46.6 Å². The van der Waals surface area contributed by atoms with E-state index in [1.165, 1.54) is 4.31 Å². The summed E-state index contributed by atoms with van der Waals surface area (Å²) in [6.07, 6.45) is 0.796. The number of nitrogens with zero attached hydrogens (tertiary/aromatic N) is 1. The lowest BCUT2D eigenvalue weighted by atomic mass is 10.5. The fourth-order valence-corrected chi connectivity index (χ4v) is 2.89. The smallest absolute Gasteiger partial charge is 0.216 e. The Morgan fingerprint density at radius 3 is 2.40 bits per heavy atom. The molecule has 0 saturated heterocycles. The second kappa shape index (κ2) is 8.33. The summed E-state index contributed by atoms with van der Waals surface area (Å²) in [6.45, 7) is 5.49. The molecule has 92 valence electrons. The van der Waals surface area contributed by atoms with Crippen molar-refractivity contribution in [1.29, 1.82) is 0 Å². The van der Waals surface area contributed by atoms with Crippen molar-refractivity contribution in [3.8, 4) is 0 Å². The number of halogens is 1. The second-order valence-corrected chi connectivity index (χ2v) is 5.57. The summed E-state index contributed by atoms with van der Waals surface area (Å²) in [5, 5.41) is 0. The molecule has 0 fully saturated rings. The molecule has 0 aromatic heterocycles. The standard InChI is InChI=1S/C9H20ClNO3S/c1-3-6-11(7-5-10)15(12,13)9-8-14-4-2/h3-9H2,1-2H3. The van der Waals surface area contributed by atoms with Gasteiger partial charge in [0.15, 0.2) is 0 Å². The first-order chi connectivity index (χ1) is 7.08. The third-order valence-corrected chi connectivity index (χ3v) is 3.89. The zero-order valence-corrected chi connectivity index (χ0v) is 11.0. The fourth-order valence-electron chi connectivity index (χ4n) is 1.17. The zero-order valence-electron chi connectivity index (χ0n) is 9.41. The highest BCUT2D eigenvalue weighted by Gasteiger charge is 2.19. The van der Waals surface area contributed by atoms with E-state index >= 15 is 0 Å². The number of rotatable bonds is 9. The van der Waals surface area contributed by atoms with Crippen molar-refractivity contribution in [2.45, 2.75) is 20.3 Å². The number of hydrogen-bond acceptors (Lipinski definition) is 3. The third kappa shape index (κ3) is 6.35. The lowest BCUT2D eigenvalue weighted by Crippen LogP contribution is -2.36. The zero-order chi connectivity index (χ0) is 11.7. The highest BCUT2D eigenvalue weighted by Crippen LogP contribution is 2.03. The number of alkyl halides is 1. The second-order valence-electron chi connectivity index (χ2n) is 3.10. The van der Waals surface area contributed by atoms with Crippen LogP contribution in [0.3, 0.4) is 0 Å². The monoisotopic (exact) mass is 257 g/mol. The Kier molecular flexibility index (Phi) is 8.42. The summed E-state index contributed by atoms with van der Waals surface area (Å²) < 4.78 is 30.0. The molecular weight excluding hydrogens is 238 g/mol. The van der Waals surface area contributed by atoms with Gasteiger partial charge in [0, 0.05) is 25.6 Å². The predicted molar refractivity (Wildman–Crippen MR) is 62.9 cm³/mol. The number of ether oxygens (including phenoxy) is 1. The van der Waals surface area contributed by atoms with Crippen molar-refractivity contribution in [2.24, 2.45) is 0 Å². The van der Waals surface area contributed by atoms with Gasteiger partial charge in [0.25, 0.3) is 0 Å². The molecule has 0 unspecified atom stereocenters. The predicted octanol–water partition coefficient (Wildman–Crippen LogP) is 1.30. The van der Waals surface area contributed by atoms with Crippen molar-refractivity contribution in [1.82, 2.24) is 4.31 Å². The van der Waals surface area contributed by atoms with E-state index in [0.29, 0.717) is 25.6 Å². The molecule has 0 aliphatic heterocycles. The van der Waals surface area contributed by atoms with Crippen LogP contribution in [-0.4, -0.2) is 50.7 Å². The minimum atomic E-state index is -3.20. The summed E-state index contributed by atoms with van der Waals surface area (Å²) in [5.74, 6) is 0.367. The average molecular weight is 258 g/mol. The Morgan fingerprint density at radius 2 is 1.93 bits per heavy atom. The summed E-state index contributed by atoms with van der Waals surface area (Å²) in [5.41, 5.74) is 0. The Morgan fingerprint density at radius 1 is 1.27 bits per heavy atom. The molecule has 0 rings (SSSR count). The Labute approximate surface area is 97.6 Å². The molecule has 0 heterocycles. The highest BCUT2D eigenvalue weighted by atomic mass is 35.5. The van der Waals surface area contributed by atoms with Crippen molar-refractivity contribution < 1.29 is 13.2 Å². The van der Waals surface area contributed by atoms with Crippen LogP contribution in [0.4, 0.5) is 0 Å². The van der Waals surface area contributed by atoms with E-state index in [-0.39, 0.29) is 12.4 Å². The minimum Gasteiger partial charge on any atom is -0.381 e. The molecule has 0 aliphatic rings. The SMILES string of the molecule is CCCN(CCCl)S(=O)(=O)CCOCC. The van der Waals surface area contributed by atoms with E-state index in [0.717, 1.165) is 6.42 Å². The van der Waals surface area contributed by atoms with Crippen molar-refractivity contribution >= 4 is 21.6 Å². The van der Waals surface area contributed by atoms with Crippen LogP contribution in [0, 0.1) is 0 Å². The maximum Gasteiger partial charge on any atom is 0.216 e. The first-order valence-corrected chi connectivity index (χ1v) is 7.34. The van der Waals surface area contributed by atoms with Gasteiger partial charge in [-0.3, -0.25) is 0 Å². The first-order valence-electron chi connectivity index (χ1n) is 5.20. The summed E-state index contributed by atoms with van der Waals surface area (Å²) in [7, 11) is -3.20. The van der Waals surface area contributed by atoms with Gasteiger partial charge in [0.05, 0.1) is 12.4 Å². The van der Waals surface area contributed by atoms with Crippen LogP contribution < -0.4 is 0 Å².